The molecule has 0 bridgehead atoms. The molecule has 0 aliphatic heterocycles. The van der Waals surface area contributed by atoms with Crippen LogP contribution in [0.4, 0.5) is 13.2 Å². The lowest BCUT2D eigenvalue weighted by Gasteiger charge is -2.21. The van der Waals surface area contributed by atoms with Crippen molar-refractivity contribution in [1.29, 1.82) is 0 Å². The smallest absolute Gasteiger partial charge is 0.340 e. The molecule has 0 spiro atoms. The number of halogens is 3. The molecule has 0 heterocycles. The first kappa shape index (κ1) is 21.5. The van der Waals surface area contributed by atoms with Crippen molar-refractivity contribution in [2.75, 3.05) is 0 Å². The number of benzene rings is 1. The highest BCUT2D eigenvalue weighted by molar-refractivity contribution is 5.94. The van der Waals surface area contributed by atoms with Crippen molar-refractivity contribution in [3.8, 4) is 0 Å². The van der Waals surface area contributed by atoms with Crippen LogP contribution in [0.5, 0.6) is 0 Å². The highest BCUT2D eigenvalue weighted by atomic mass is 19.4. The van der Waals surface area contributed by atoms with Crippen LogP contribution in [0, 0.1) is 0 Å². The molecule has 1 atom stereocenters. The van der Waals surface area contributed by atoms with Crippen LogP contribution >= 0.6 is 0 Å². The molecule has 1 rings (SSSR count). The topological polar surface area (TPSA) is 29.1 Å². The van der Waals surface area contributed by atoms with Crippen molar-refractivity contribution in [2.24, 2.45) is 0 Å². The minimum atomic E-state index is -4.41. The summed E-state index contributed by atoms with van der Waals surface area (Å²) in [4.78, 5) is 12.0. The van der Waals surface area contributed by atoms with Gasteiger partial charge in [-0.05, 0) is 18.6 Å². The molecule has 142 valence electrons. The zero-order valence-electron chi connectivity index (χ0n) is 15.1. The molecule has 0 aliphatic carbocycles. The number of amides is 1. The third-order valence-corrected chi connectivity index (χ3v) is 4.33. The van der Waals surface area contributed by atoms with E-state index < -0.39 is 18.1 Å². The van der Waals surface area contributed by atoms with E-state index in [-0.39, 0.29) is 12.0 Å². The number of carbonyl (C=O) groups is 1. The highest BCUT2D eigenvalue weighted by Gasteiger charge is 2.40. The standard InChI is InChI=1S/C20H30F3NO/c1-2-3-4-5-6-7-8-9-13-16-18(20(21,22)23)24-19(25)17-14-11-10-12-15-17/h10-12,14-15,18H,2-9,13,16H2,1H3,(H,24,25)/t18-/m0/s1. The van der Waals surface area contributed by atoms with Gasteiger partial charge < -0.3 is 5.32 Å². The van der Waals surface area contributed by atoms with E-state index >= 15 is 0 Å². The second-order valence-electron chi connectivity index (χ2n) is 6.55. The number of hydrogen-bond donors (Lipinski definition) is 1. The highest BCUT2D eigenvalue weighted by Crippen LogP contribution is 2.25. The summed E-state index contributed by atoms with van der Waals surface area (Å²) in [6, 6.07) is 6.25. The maximum absolute atomic E-state index is 13.1. The van der Waals surface area contributed by atoms with E-state index in [0.717, 1.165) is 25.7 Å². The summed E-state index contributed by atoms with van der Waals surface area (Å²) in [6.45, 7) is 2.17. The van der Waals surface area contributed by atoms with Crippen LogP contribution in [0.3, 0.4) is 0 Å². The van der Waals surface area contributed by atoms with E-state index in [1.54, 1.807) is 18.2 Å². The van der Waals surface area contributed by atoms with Crippen LogP contribution in [0.15, 0.2) is 30.3 Å². The third kappa shape index (κ3) is 9.51. The summed E-state index contributed by atoms with van der Waals surface area (Å²) in [5.41, 5.74) is 0.254. The molecule has 0 unspecified atom stereocenters. The fourth-order valence-electron chi connectivity index (χ4n) is 2.81. The SMILES string of the molecule is CCCCCCCCCCC[C@H](NC(=O)c1ccccc1)C(F)(F)F. The summed E-state index contributed by atoms with van der Waals surface area (Å²) >= 11 is 0. The second-order valence-corrected chi connectivity index (χ2v) is 6.55. The van der Waals surface area contributed by atoms with Gasteiger partial charge in [0, 0.05) is 5.56 Å². The number of unbranched alkanes of at least 4 members (excludes halogenated alkanes) is 8. The molecule has 5 heteroatoms. The molecule has 1 N–H and O–H groups in total. The van der Waals surface area contributed by atoms with E-state index in [4.69, 9.17) is 0 Å². The van der Waals surface area contributed by atoms with E-state index in [0.29, 0.717) is 6.42 Å². The van der Waals surface area contributed by atoms with Crippen molar-refractivity contribution in [3.05, 3.63) is 35.9 Å². The van der Waals surface area contributed by atoms with Gasteiger partial charge in [0.05, 0.1) is 0 Å². The Labute approximate surface area is 149 Å². The van der Waals surface area contributed by atoms with Crippen LogP contribution in [0.1, 0.15) is 81.5 Å². The number of nitrogens with one attached hydrogen (secondary N) is 1. The molecule has 2 nitrogen and oxygen atoms in total. The fourth-order valence-corrected chi connectivity index (χ4v) is 2.81. The van der Waals surface area contributed by atoms with Crippen molar-refractivity contribution in [2.45, 2.75) is 83.4 Å². The van der Waals surface area contributed by atoms with Crippen LogP contribution in [0.2, 0.25) is 0 Å². The van der Waals surface area contributed by atoms with Gasteiger partial charge in [0.25, 0.3) is 5.91 Å². The van der Waals surface area contributed by atoms with Gasteiger partial charge in [-0.25, -0.2) is 0 Å². The normalized spacial score (nSPS) is 12.8. The lowest BCUT2D eigenvalue weighted by atomic mass is 10.0. The van der Waals surface area contributed by atoms with Gasteiger partial charge in [0.2, 0.25) is 0 Å². The molecule has 0 saturated carbocycles. The molecular weight excluding hydrogens is 327 g/mol. The van der Waals surface area contributed by atoms with E-state index in [1.807, 2.05) is 0 Å². The largest absolute Gasteiger partial charge is 0.408 e. The fraction of sp³-hybridized carbons (Fsp3) is 0.650. The Kier molecular flexibility index (Phi) is 10.3. The number of rotatable bonds is 12. The van der Waals surface area contributed by atoms with Crippen molar-refractivity contribution in [3.63, 3.8) is 0 Å². The zero-order valence-corrected chi connectivity index (χ0v) is 15.1. The second kappa shape index (κ2) is 11.9. The number of alkyl halides is 3. The minimum absolute atomic E-state index is 0.0576. The first-order valence-corrected chi connectivity index (χ1v) is 9.37. The maximum Gasteiger partial charge on any atom is 0.408 e. The monoisotopic (exact) mass is 357 g/mol. The Balaban J connectivity index is 2.29. The molecule has 0 radical (unpaired) electrons. The van der Waals surface area contributed by atoms with Gasteiger partial charge in [-0.15, -0.1) is 0 Å². The number of hydrogen-bond acceptors (Lipinski definition) is 1. The summed E-state index contributed by atoms with van der Waals surface area (Å²) < 4.78 is 39.4. The van der Waals surface area contributed by atoms with Crippen molar-refractivity contribution < 1.29 is 18.0 Å². The Morgan fingerprint density at radius 2 is 1.44 bits per heavy atom. The van der Waals surface area contributed by atoms with Gasteiger partial charge in [-0.3, -0.25) is 4.79 Å². The molecule has 0 aliphatic rings. The molecule has 1 aromatic rings. The summed E-state index contributed by atoms with van der Waals surface area (Å²) in [7, 11) is 0. The van der Waals surface area contributed by atoms with Gasteiger partial charge in [0.1, 0.15) is 6.04 Å². The molecule has 1 amide bonds. The van der Waals surface area contributed by atoms with E-state index in [9.17, 15) is 18.0 Å². The Morgan fingerprint density at radius 3 is 1.96 bits per heavy atom. The van der Waals surface area contributed by atoms with Crippen molar-refractivity contribution in [1.82, 2.24) is 5.32 Å². The van der Waals surface area contributed by atoms with Crippen LogP contribution < -0.4 is 5.32 Å². The first-order chi connectivity index (χ1) is 11.9. The zero-order chi connectivity index (χ0) is 18.5. The van der Waals surface area contributed by atoms with E-state index in [1.165, 1.54) is 37.8 Å². The Bertz CT molecular complexity index is 474. The van der Waals surface area contributed by atoms with Gasteiger partial charge in [-0.2, -0.15) is 13.2 Å². The molecular formula is C20H30F3NO. The molecule has 25 heavy (non-hydrogen) atoms. The van der Waals surface area contributed by atoms with Gasteiger partial charge >= 0.3 is 6.18 Å². The lowest BCUT2D eigenvalue weighted by Crippen LogP contribution is -2.45. The van der Waals surface area contributed by atoms with Crippen LogP contribution in [0.25, 0.3) is 0 Å². The quantitative estimate of drug-likeness (QED) is 0.439. The third-order valence-electron chi connectivity index (χ3n) is 4.33. The number of carbonyl (C=O) groups excluding carboxylic acids is 1. The summed E-state index contributed by atoms with van der Waals surface area (Å²) in [6.07, 6.45) is 4.93. The minimum Gasteiger partial charge on any atom is -0.340 e. The van der Waals surface area contributed by atoms with Crippen LogP contribution in [-0.2, 0) is 0 Å². The molecule has 1 aromatic carbocycles. The predicted molar refractivity (Wildman–Crippen MR) is 95.6 cm³/mol. The molecule has 0 fully saturated rings. The molecule has 0 saturated heterocycles. The summed E-state index contributed by atoms with van der Waals surface area (Å²) in [5, 5.41) is 2.13. The van der Waals surface area contributed by atoms with Crippen molar-refractivity contribution >= 4 is 5.91 Å². The average molecular weight is 357 g/mol. The average Bonchev–Trinajstić information content (AvgIpc) is 2.59. The maximum atomic E-state index is 13.1. The summed E-state index contributed by atoms with van der Waals surface area (Å²) in [5.74, 6) is -0.668. The molecule has 0 aromatic heterocycles. The van der Waals surface area contributed by atoms with Crippen LogP contribution in [-0.4, -0.2) is 18.1 Å². The lowest BCUT2D eigenvalue weighted by molar-refractivity contribution is -0.155. The van der Waals surface area contributed by atoms with E-state index in [2.05, 4.69) is 12.2 Å². The van der Waals surface area contributed by atoms with Gasteiger partial charge in [0.15, 0.2) is 0 Å². The Morgan fingerprint density at radius 1 is 0.920 bits per heavy atom. The van der Waals surface area contributed by atoms with Gasteiger partial charge in [-0.1, -0.05) is 82.9 Å². The predicted octanol–water partition coefficient (Wildman–Crippen LogP) is 6.27. The Hall–Kier alpha value is -1.52. The first-order valence-electron chi connectivity index (χ1n) is 9.37.